The van der Waals surface area contributed by atoms with Crippen molar-refractivity contribution in [2.75, 3.05) is 25.5 Å². The van der Waals surface area contributed by atoms with Crippen LogP contribution in [0.25, 0.3) is 0 Å². The van der Waals surface area contributed by atoms with E-state index in [1.807, 2.05) is 18.2 Å². The Labute approximate surface area is 179 Å². The van der Waals surface area contributed by atoms with Crippen LogP contribution < -0.4 is 5.32 Å². The number of halogens is 1. The van der Waals surface area contributed by atoms with E-state index in [4.69, 9.17) is 11.6 Å². The van der Waals surface area contributed by atoms with E-state index in [9.17, 15) is 19.6 Å². The van der Waals surface area contributed by atoms with E-state index in [0.717, 1.165) is 0 Å². The summed E-state index contributed by atoms with van der Waals surface area (Å²) in [6.07, 6.45) is 0.257. The van der Waals surface area contributed by atoms with Gasteiger partial charge in [-0.15, -0.1) is 0 Å². The minimum atomic E-state index is -0.710. The van der Waals surface area contributed by atoms with Gasteiger partial charge in [-0.05, 0) is 36.8 Å². The summed E-state index contributed by atoms with van der Waals surface area (Å²) < 4.78 is 0. The number of rotatable bonds is 5. The summed E-state index contributed by atoms with van der Waals surface area (Å²) in [6, 6.07) is 16.9. The summed E-state index contributed by atoms with van der Waals surface area (Å²) in [5, 5.41) is 12.7. The van der Waals surface area contributed by atoms with Crippen molar-refractivity contribution >= 4 is 35.0 Å². The normalized spacial score (nSPS) is 17.8. The van der Waals surface area contributed by atoms with Gasteiger partial charge in [0.15, 0.2) is 0 Å². The Kier molecular flexibility index (Phi) is 6.70. The number of carbonyl (C=O) groups excluding carboxylic acids is 3. The Morgan fingerprint density at radius 2 is 1.93 bits per heavy atom. The summed E-state index contributed by atoms with van der Waals surface area (Å²) in [4.78, 5) is 40.5. The van der Waals surface area contributed by atoms with E-state index in [0.29, 0.717) is 16.3 Å². The average molecular weight is 425 g/mol. The Bertz CT molecular complexity index is 989. The Morgan fingerprint density at radius 1 is 1.20 bits per heavy atom. The molecule has 30 heavy (non-hydrogen) atoms. The second kappa shape index (κ2) is 9.42. The molecule has 2 aromatic carbocycles. The standard InChI is InChI=1S/C22H21ClN4O3/c1-26(22(30)15-6-5-7-17(23)10-15)14-20(28)27-13-16(11-19(27)12-24)21(29)25-18-8-3-2-4-9-18/h2-10,16,19H,11,13-14H2,1H3,(H,25,29). The summed E-state index contributed by atoms with van der Waals surface area (Å²) in [6.45, 7) is -0.0640. The first-order chi connectivity index (χ1) is 14.4. The van der Waals surface area contributed by atoms with Gasteiger partial charge in [0, 0.05) is 29.9 Å². The molecule has 0 saturated carbocycles. The molecular formula is C22H21ClN4O3. The maximum absolute atomic E-state index is 12.8. The van der Waals surface area contributed by atoms with Crippen molar-refractivity contribution in [3.8, 4) is 6.07 Å². The van der Waals surface area contributed by atoms with E-state index in [2.05, 4.69) is 11.4 Å². The average Bonchev–Trinajstić information content (AvgIpc) is 3.19. The lowest BCUT2D eigenvalue weighted by Gasteiger charge is -2.24. The first-order valence-electron chi connectivity index (χ1n) is 9.45. The minimum absolute atomic E-state index is 0.134. The number of nitrogens with zero attached hydrogens (tertiary/aromatic N) is 3. The molecule has 3 amide bonds. The molecule has 1 saturated heterocycles. The van der Waals surface area contributed by atoms with Crippen LogP contribution in [-0.2, 0) is 9.59 Å². The highest BCUT2D eigenvalue weighted by Crippen LogP contribution is 2.25. The molecule has 0 spiro atoms. The number of nitriles is 1. The van der Waals surface area contributed by atoms with Gasteiger partial charge in [0.1, 0.15) is 6.04 Å². The van der Waals surface area contributed by atoms with Crippen LogP contribution in [-0.4, -0.2) is 53.7 Å². The number of hydrogen-bond acceptors (Lipinski definition) is 4. The van der Waals surface area contributed by atoms with E-state index < -0.39 is 12.0 Å². The lowest BCUT2D eigenvalue weighted by Crippen LogP contribution is -2.43. The number of carbonyl (C=O) groups is 3. The van der Waals surface area contributed by atoms with Gasteiger partial charge >= 0.3 is 0 Å². The van der Waals surface area contributed by atoms with Crippen LogP contribution in [0.5, 0.6) is 0 Å². The predicted molar refractivity (Wildman–Crippen MR) is 113 cm³/mol. The molecule has 0 bridgehead atoms. The third kappa shape index (κ3) is 4.97. The van der Waals surface area contributed by atoms with Gasteiger partial charge < -0.3 is 15.1 Å². The molecule has 0 radical (unpaired) electrons. The highest BCUT2D eigenvalue weighted by molar-refractivity contribution is 6.31. The zero-order chi connectivity index (χ0) is 21.7. The lowest BCUT2D eigenvalue weighted by molar-refractivity contribution is -0.131. The summed E-state index contributed by atoms with van der Waals surface area (Å²) in [5.41, 5.74) is 1.03. The van der Waals surface area contributed by atoms with Crippen LogP contribution in [0.3, 0.4) is 0 Å². The van der Waals surface area contributed by atoms with Gasteiger partial charge in [-0.1, -0.05) is 35.9 Å². The molecule has 1 fully saturated rings. The highest BCUT2D eigenvalue weighted by Gasteiger charge is 2.39. The van der Waals surface area contributed by atoms with Crippen molar-refractivity contribution in [1.82, 2.24) is 9.80 Å². The highest BCUT2D eigenvalue weighted by atomic mass is 35.5. The van der Waals surface area contributed by atoms with Crippen molar-refractivity contribution in [1.29, 1.82) is 5.26 Å². The fraction of sp³-hybridized carbons (Fsp3) is 0.273. The van der Waals surface area contributed by atoms with Crippen LogP contribution >= 0.6 is 11.6 Å². The maximum Gasteiger partial charge on any atom is 0.254 e. The fourth-order valence-corrected chi connectivity index (χ4v) is 3.59. The molecule has 0 aromatic heterocycles. The smallest absolute Gasteiger partial charge is 0.254 e. The summed E-state index contributed by atoms with van der Waals surface area (Å²) >= 11 is 5.92. The molecule has 3 rings (SSSR count). The first-order valence-corrected chi connectivity index (χ1v) is 9.83. The monoisotopic (exact) mass is 424 g/mol. The van der Waals surface area contributed by atoms with Crippen molar-refractivity contribution in [2.24, 2.45) is 5.92 Å². The third-order valence-electron chi connectivity index (χ3n) is 4.97. The van der Waals surface area contributed by atoms with Gasteiger partial charge in [-0.25, -0.2) is 0 Å². The molecule has 2 aromatic rings. The fourth-order valence-electron chi connectivity index (χ4n) is 3.40. The van der Waals surface area contributed by atoms with Gasteiger partial charge in [0.25, 0.3) is 5.91 Å². The first kappa shape index (κ1) is 21.3. The Balaban J connectivity index is 1.62. The number of anilines is 1. The number of amides is 3. The molecule has 7 nitrogen and oxygen atoms in total. The molecule has 1 aliphatic rings. The summed E-state index contributed by atoms with van der Waals surface area (Å²) in [5.74, 6) is -1.46. The molecule has 1 heterocycles. The molecular weight excluding hydrogens is 404 g/mol. The molecule has 0 aliphatic carbocycles. The van der Waals surface area contributed by atoms with Crippen LogP contribution in [0.15, 0.2) is 54.6 Å². The Morgan fingerprint density at radius 3 is 2.60 bits per heavy atom. The number of para-hydroxylation sites is 1. The SMILES string of the molecule is CN(CC(=O)N1CC(C(=O)Nc2ccccc2)CC1C#N)C(=O)c1cccc(Cl)c1. The van der Waals surface area contributed by atoms with Crippen molar-refractivity contribution in [2.45, 2.75) is 12.5 Å². The van der Waals surface area contributed by atoms with Crippen molar-refractivity contribution in [3.05, 3.63) is 65.2 Å². The molecule has 8 heteroatoms. The van der Waals surface area contributed by atoms with E-state index in [1.165, 1.54) is 22.9 Å². The molecule has 1 aliphatic heterocycles. The van der Waals surface area contributed by atoms with Crippen LogP contribution in [0.1, 0.15) is 16.8 Å². The number of nitrogens with one attached hydrogen (secondary N) is 1. The van der Waals surface area contributed by atoms with Crippen molar-refractivity contribution < 1.29 is 14.4 Å². The zero-order valence-electron chi connectivity index (χ0n) is 16.4. The topological polar surface area (TPSA) is 93.5 Å². The number of likely N-dealkylation sites (N-methyl/N-ethyl adjacent to an activating group) is 1. The van der Waals surface area contributed by atoms with Crippen molar-refractivity contribution in [3.63, 3.8) is 0 Å². The maximum atomic E-state index is 12.8. The van der Waals surface area contributed by atoms with Crippen LogP contribution in [0.2, 0.25) is 5.02 Å². The second-order valence-corrected chi connectivity index (χ2v) is 7.59. The minimum Gasteiger partial charge on any atom is -0.332 e. The zero-order valence-corrected chi connectivity index (χ0v) is 17.2. The third-order valence-corrected chi connectivity index (χ3v) is 5.21. The van der Waals surface area contributed by atoms with E-state index >= 15 is 0 Å². The lowest BCUT2D eigenvalue weighted by atomic mass is 10.1. The molecule has 2 atom stereocenters. The van der Waals surface area contributed by atoms with E-state index in [1.54, 1.807) is 30.3 Å². The van der Waals surface area contributed by atoms with Crippen LogP contribution in [0.4, 0.5) is 5.69 Å². The Hall–Kier alpha value is -3.37. The quantitative estimate of drug-likeness (QED) is 0.798. The van der Waals surface area contributed by atoms with Gasteiger partial charge in [-0.3, -0.25) is 14.4 Å². The van der Waals surface area contributed by atoms with E-state index in [-0.39, 0.29) is 37.2 Å². The van der Waals surface area contributed by atoms with Gasteiger partial charge in [0.05, 0.1) is 18.5 Å². The second-order valence-electron chi connectivity index (χ2n) is 7.15. The largest absolute Gasteiger partial charge is 0.332 e. The van der Waals surface area contributed by atoms with Crippen LogP contribution in [0, 0.1) is 17.2 Å². The summed E-state index contributed by atoms with van der Waals surface area (Å²) in [7, 11) is 1.51. The number of benzene rings is 2. The van der Waals surface area contributed by atoms with Gasteiger partial charge in [0.2, 0.25) is 11.8 Å². The van der Waals surface area contributed by atoms with Gasteiger partial charge in [-0.2, -0.15) is 5.26 Å². The molecule has 1 N–H and O–H groups in total. The molecule has 154 valence electrons. The number of hydrogen-bond donors (Lipinski definition) is 1. The predicted octanol–water partition coefficient (Wildman–Crippen LogP) is 2.79. The molecule has 2 unspecified atom stereocenters. The number of likely N-dealkylation sites (tertiary alicyclic amines) is 1.